The summed E-state index contributed by atoms with van der Waals surface area (Å²) < 4.78 is 12.9. The molecule has 2 aliphatic rings. The Balaban J connectivity index is 0.00000192. The fourth-order valence-electron chi connectivity index (χ4n) is 3.03. The fraction of sp³-hybridized carbons (Fsp3) is 0.500. The first kappa shape index (κ1) is 17.7. The van der Waals surface area contributed by atoms with E-state index in [0.29, 0.717) is 31.7 Å². The molecule has 23 heavy (non-hydrogen) atoms. The highest BCUT2D eigenvalue weighted by Gasteiger charge is 2.30. The number of halogens is 2. The minimum absolute atomic E-state index is 0. The maximum Gasteiger partial charge on any atom is 0.253 e. The molecule has 1 aromatic carbocycles. The second-order valence-electron chi connectivity index (χ2n) is 5.81. The van der Waals surface area contributed by atoms with E-state index in [0.717, 1.165) is 19.5 Å². The van der Waals surface area contributed by atoms with E-state index in [9.17, 15) is 14.0 Å². The quantitative estimate of drug-likeness (QED) is 0.877. The fourth-order valence-corrected chi connectivity index (χ4v) is 3.03. The highest BCUT2D eigenvalue weighted by Crippen LogP contribution is 2.15. The number of piperazine rings is 1. The molecular formula is C16H21ClFN3O2. The van der Waals surface area contributed by atoms with Gasteiger partial charge in [-0.25, -0.2) is 4.39 Å². The number of hydrogen-bond donors (Lipinski definition) is 1. The zero-order chi connectivity index (χ0) is 15.5. The highest BCUT2D eigenvalue weighted by atomic mass is 35.5. The molecule has 2 amide bonds. The van der Waals surface area contributed by atoms with Crippen LogP contribution in [0.15, 0.2) is 24.3 Å². The van der Waals surface area contributed by atoms with Gasteiger partial charge in [-0.05, 0) is 37.2 Å². The lowest BCUT2D eigenvalue weighted by molar-refractivity contribution is -0.136. The van der Waals surface area contributed by atoms with Crippen molar-refractivity contribution >= 4 is 24.2 Å². The normalized spacial score (nSPS) is 21.0. The van der Waals surface area contributed by atoms with Gasteiger partial charge in [0.25, 0.3) is 5.91 Å². The molecule has 5 nitrogen and oxygen atoms in total. The van der Waals surface area contributed by atoms with Crippen LogP contribution in [-0.4, -0.2) is 60.9 Å². The molecule has 2 heterocycles. The summed E-state index contributed by atoms with van der Waals surface area (Å²) in [5.41, 5.74) is 0.487. The SMILES string of the molecule is Cl.O=C(c1ccc(F)cc1)N1CCN(C(=O)C2CCNC2)CC1. The number of rotatable bonds is 2. The molecule has 3 rings (SSSR count). The molecule has 126 valence electrons. The van der Waals surface area contributed by atoms with Crippen molar-refractivity contribution in [3.63, 3.8) is 0 Å². The molecule has 0 aliphatic carbocycles. The third-order valence-corrected chi connectivity index (χ3v) is 4.38. The first-order valence-electron chi connectivity index (χ1n) is 7.69. The minimum Gasteiger partial charge on any atom is -0.339 e. The molecule has 7 heteroatoms. The maximum atomic E-state index is 12.9. The first-order valence-corrected chi connectivity index (χ1v) is 7.69. The lowest BCUT2D eigenvalue weighted by atomic mass is 10.1. The summed E-state index contributed by atoms with van der Waals surface area (Å²) in [4.78, 5) is 28.2. The molecule has 0 radical (unpaired) electrons. The largest absolute Gasteiger partial charge is 0.339 e. The zero-order valence-electron chi connectivity index (χ0n) is 12.8. The van der Waals surface area contributed by atoms with Crippen molar-refractivity contribution in [3.8, 4) is 0 Å². The van der Waals surface area contributed by atoms with Crippen LogP contribution in [0.3, 0.4) is 0 Å². The van der Waals surface area contributed by atoms with Gasteiger partial charge in [0, 0.05) is 38.3 Å². The second-order valence-corrected chi connectivity index (χ2v) is 5.81. The number of carbonyl (C=O) groups is 2. The summed E-state index contributed by atoms with van der Waals surface area (Å²) in [6, 6.07) is 5.58. The molecule has 1 atom stereocenters. The maximum absolute atomic E-state index is 12.9. The van der Waals surface area contributed by atoms with Gasteiger partial charge in [-0.3, -0.25) is 9.59 Å². The van der Waals surface area contributed by atoms with E-state index in [1.54, 1.807) is 4.90 Å². The number of benzene rings is 1. The van der Waals surface area contributed by atoms with E-state index in [1.165, 1.54) is 24.3 Å². The van der Waals surface area contributed by atoms with Gasteiger partial charge in [-0.2, -0.15) is 0 Å². The third-order valence-electron chi connectivity index (χ3n) is 4.38. The lowest BCUT2D eigenvalue weighted by Crippen LogP contribution is -2.52. The molecule has 1 aromatic rings. The van der Waals surface area contributed by atoms with E-state index in [-0.39, 0.29) is 36.0 Å². The number of amides is 2. The van der Waals surface area contributed by atoms with Crippen LogP contribution in [0.25, 0.3) is 0 Å². The Hall–Kier alpha value is -1.66. The van der Waals surface area contributed by atoms with Gasteiger partial charge in [0.15, 0.2) is 0 Å². The number of hydrogen-bond acceptors (Lipinski definition) is 3. The van der Waals surface area contributed by atoms with Crippen LogP contribution < -0.4 is 5.32 Å². The van der Waals surface area contributed by atoms with E-state index < -0.39 is 0 Å². The number of nitrogens with zero attached hydrogens (tertiary/aromatic N) is 2. The van der Waals surface area contributed by atoms with Gasteiger partial charge >= 0.3 is 0 Å². The summed E-state index contributed by atoms with van der Waals surface area (Å²) in [5.74, 6) is -0.176. The highest BCUT2D eigenvalue weighted by molar-refractivity contribution is 5.94. The Bertz CT molecular complexity index is 553. The van der Waals surface area contributed by atoms with Gasteiger partial charge in [-0.15, -0.1) is 12.4 Å². The summed E-state index contributed by atoms with van der Waals surface area (Å²) in [7, 11) is 0. The number of carbonyl (C=O) groups excluding carboxylic acids is 2. The van der Waals surface area contributed by atoms with Gasteiger partial charge < -0.3 is 15.1 Å². The van der Waals surface area contributed by atoms with Crippen LogP contribution in [0, 0.1) is 11.7 Å². The Morgan fingerprint density at radius 2 is 1.65 bits per heavy atom. The van der Waals surface area contributed by atoms with Gasteiger partial charge in [-0.1, -0.05) is 0 Å². The van der Waals surface area contributed by atoms with Crippen molar-refractivity contribution < 1.29 is 14.0 Å². The van der Waals surface area contributed by atoms with Crippen molar-refractivity contribution in [2.24, 2.45) is 5.92 Å². The Labute approximate surface area is 141 Å². The monoisotopic (exact) mass is 341 g/mol. The van der Waals surface area contributed by atoms with Crippen LogP contribution >= 0.6 is 12.4 Å². The van der Waals surface area contributed by atoms with Crippen LogP contribution in [0.4, 0.5) is 4.39 Å². The van der Waals surface area contributed by atoms with Crippen LogP contribution in [0.1, 0.15) is 16.8 Å². The third kappa shape index (κ3) is 4.00. The van der Waals surface area contributed by atoms with Crippen LogP contribution in [0.5, 0.6) is 0 Å². The molecule has 0 saturated carbocycles. The smallest absolute Gasteiger partial charge is 0.253 e. The Morgan fingerprint density at radius 3 is 2.22 bits per heavy atom. The standard InChI is InChI=1S/C16H20FN3O2.ClH/c17-14-3-1-12(2-4-14)15(21)19-7-9-20(10-8-19)16(22)13-5-6-18-11-13;/h1-4,13,18H,5-11H2;1H. The predicted molar refractivity (Wildman–Crippen MR) is 87.1 cm³/mol. The van der Waals surface area contributed by atoms with Crippen molar-refractivity contribution in [1.29, 1.82) is 0 Å². The molecule has 0 spiro atoms. The summed E-state index contributed by atoms with van der Waals surface area (Å²) in [6.07, 6.45) is 0.896. The average Bonchev–Trinajstić information content (AvgIpc) is 3.09. The van der Waals surface area contributed by atoms with Crippen LogP contribution in [0.2, 0.25) is 0 Å². The molecule has 2 aliphatic heterocycles. The Morgan fingerprint density at radius 1 is 1.04 bits per heavy atom. The number of nitrogens with one attached hydrogen (secondary N) is 1. The second kappa shape index (κ2) is 7.75. The van der Waals surface area contributed by atoms with E-state index >= 15 is 0 Å². The molecule has 2 fully saturated rings. The first-order chi connectivity index (χ1) is 10.6. The van der Waals surface area contributed by atoms with Gasteiger partial charge in [0.2, 0.25) is 5.91 Å². The molecule has 1 unspecified atom stereocenters. The summed E-state index contributed by atoms with van der Waals surface area (Å²) in [6.45, 7) is 3.86. The van der Waals surface area contributed by atoms with Crippen molar-refractivity contribution in [1.82, 2.24) is 15.1 Å². The summed E-state index contributed by atoms with van der Waals surface area (Å²) in [5, 5.41) is 3.20. The molecular weight excluding hydrogens is 321 g/mol. The van der Waals surface area contributed by atoms with E-state index in [4.69, 9.17) is 0 Å². The van der Waals surface area contributed by atoms with Crippen molar-refractivity contribution in [3.05, 3.63) is 35.6 Å². The van der Waals surface area contributed by atoms with Crippen LogP contribution in [-0.2, 0) is 4.79 Å². The predicted octanol–water partition coefficient (Wildman–Crippen LogP) is 1.14. The zero-order valence-corrected chi connectivity index (χ0v) is 13.7. The van der Waals surface area contributed by atoms with Crippen molar-refractivity contribution in [2.75, 3.05) is 39.3 Å². The summed E-state index contributed by atoms with van der Waals surface area (Å²) >= 11 is 0. The molecule has 0 bridgehead atoms. The lowest BCUT2D eigenvalue weighted by Gasteiger charge is -2.36. The van der Waals surface area contributed by atoms with Crippen molar-refractivity contribution in [2.45, 2.75) is 6.42 Å². The minimum atomic E-state index is -0.350. The molecule has 1 N–H and O–H groups in total. The Kier molecular flexibility index (Phi) is 5.96. The van der Waals surface area contributed by atoms with E-state index in [1.807, 2.05) is 4.90 Å². The van der Waals surface area contributed by atoms with E-state index in [2.05, 4.69) is 5.32 Å². The molecule has 0 aromatic heterocycles. The van der Waals surface area contributed by atoms with Gasteiger partial charge in [0.05, 0.1) is 5.92 Å². The molecule has 2 saturated heterocycles. The van der Waals surface area contributed by atoms with Gasteiger partial charge in [0.1, 0.15) is 5.82 Å². The topological polar surface area (TPSA) is 52.7 Å². The average molecular weight is 342 g/mol.